The first kappa shape index (κ1) is 22.2. The summed E-state index contributed by atoms with van der Waals surface area (Å²) in [6, 6.07) is 18.2. The van der Waals surface area contributed by atoms with Gasteiger partial charge in [0, 0.05) is 66.8 Å². The number of nitrogens with zero attached hydrogens (tertiary/aromatic N) is 3. The van der Waals surface area contributed by atoms with Gasteiger partial charge in [-0.1, -0.05) is 36.4 Å². The summed E-state index contributed by atoms with van der Waals surface area (Å²) in [6.45, 7) is 7.12. The molecule has 30 heavy (non-hydrogen) atoms. The van der Waals surface area contributed by atoms with E-state index in [9.17, 15) is 4.21 Å². The molecule has 1 N–H and O–H groups in total. The minimum absolute atomic E-state index is 0.567. The smallest absolute Gasteiger partial charge is 0.194 e. The standard InChI is InChI=1S/C23H32N4O2S/c1-3-24-23(25-12-17-30(28)19-20-8-5-4-6-9-20)27-15-13-26(14-16-27)21-10-7-11-22(18-21)29-2/h4-11,18H,3,12-17,19H2,1-2H3,(H,24,25). The fourth-order valence-electron chi connectivity index (χ4n) is 3.50. The molecule has 1 unspecified atom stereocenters. The molecule has 2 aromatic rings. The molecular weight excluding hydrogens is 396 g/mol. The lowest BCUT2D eigenvalue weighted by molar-refractivity contribution is 0.372. The van der Waals surface area contributed by atoms with Crippen LogP contribution in [-0.2, 0) is 16.6 Å². The average Bonchev–Trinajstić information content (AvgIpc) is 2.79. The minimum atomic E-state index is -0.904. The molecule has 1 aliphatic rings. The Kier molecular flexibility index (Phi) is 8.56. The Morgan fingerprint density at radius 2 is 1.87 bits per heavy atom. The zero-order valence-corrected chi connectivity index (χ0v) is 18.7. The lowest BCUT2D eigenvalue weighted by Crippen LogP contribution is -2.52. The number of aliphatic imine (C=N–C) groups is 1. The van der Waals surface area contributed by atoms with Gasteiger partial charge >= 0.3 is 0 Å². The van der Waals surface area contributed by atoms with E-state index in [1.807, 2.05) is 42.5 Å². The first-order valence-electron chi connectivity index (χ1n) is 10.5. The number of piperazine rings is 1. The van der Waals surface area contributed by atoms with Gasteiger partial charge in [-0.05, 0) is 24.6 Å². The topological polar surface area (TPSA) is 57.2 Å². The number of guanidine groups is 1. The van der Waals surface area contributed by atoms with Gasteiger partial charge in [-0.15, -0.1) is 0 Å². The molecule has 0 aromatic heterocycles. The fourth-order valence-corrected chi connectivity index (χ4v) is 4.50. The summed E-state index contributed by atoms with van der Waals surface area (Å²) in [5.41, 5.74) is 2.30. The van der Waals surface area contributed by atoms with Gasteiger partial charge in [-0.3, -0.25) is 9.20 Å². The molecule has 0 radical (unpaired) electrons. The fraction of sp³-hybridized carbons (Fsp3) is 0.435. The first-order chi connectivity index (χ1) is 14.7. The Bertz CT molecular complexity index is 836. The van der Waals surface area contributed by atoms with Crippen molar-refractivity contribution in [3.05, 3.63) is 60.2 Å². The minimum Gasteiger partial charge on any atom is -0.497 e. The van der Waals surface area contributed by atoms with Crippen molar-refractivity contribution in [2.45, 2.75) is 12.7 Å². The summed E-state index contributed by atoms with van der Waals surface area (Å²) in [5.74, 6) is 2.97. The third-order valence-corrected chi connectivity index (χ3v) is 6.38. The predicted octanol–water partition coefficient (Wildman–Crippen LogP) is 2.73. The van der Waals surface area contributed by atoms with Crippen LogP contribution in [0.4, 0.5) is 5.69 Å². The average molecular weight is 429 g/mol. The van der Waals surface area contributed by atoms with Crippen LogP contribution in [-0.4, -0.2) is 67.2 Å². The largest absolute Gasteiger partial charge is 0.497 e. The number of rotatable bonds is 8. The Morgan fingerprint density at radius 1 is 1.10 bits per heavy atom. The van der Waals surface area contributed by atoms with Crippen LogP contribution in [0.5, 0.6) is 5.75 Å². The number of anilines is 1. The van der Waals surface area contributed by atoms with Crippen molar-refractivity contribution in [3.63, 3.8) is 0 Å². The van der Waals surface area contributed by atoms with Gasteiger partial charge in [0.25, 0.3) is 0 Å². The Balaban J connectivity index is 1.51. The molecule has 0 amide bonds. The lowest BCUT2D eigenvalue weighted by atomic mass is 10.2. The summed E-state index contributed by atoms with van der Waals surface area (Å²) in [4.78, 5) is 9.41. The molecule has 3 rings (SSSR count). The highest BCUT2D eigenvalue weighted by Gasteiger charge is 2.20. The molecule has 0 saturated carbocycles. The maximum atomic E-state index is 12.4. The highest BCUT2D eigenvalue weighted by atomic mass is 32.2. The quantitative estimate of drug-likeness (QED) is 0.518. The van der Waals surface area contributed by atoms with Gasteiger partial charge in [0.15, 0.2) is 5.96 Å². The molecular formula is C23H32N4O2S. The van der Waals surface area contributed by atoms with Crippen LogP contribution >= 0.6 is 0 Å². The van der Waals surface area contributed by atoms with Crippen LogP contribution in [0.2, 0.25) is 0 Å². The zero-order chi connectivity index (χ0) is 21.2. The van der Waals surface area contributed by atoms with E-state index in [1.54, 1.807) is 7.11 Å². The molecule has 162 valence electrons. The SMILES string of the molecule is CCNC(=NCCS(=O)Cc1ccccc1)N1CCN(c2cccc(OC)c2)CC1. The monoisotopic (exact) mass is 428 g/mol. The second kappa shape index (κ2) is 11.6. The van der Waals surface area contributed by atoms with Crippen LogP contribution in [0.15, 0.2) is 59.6 Å². The molecule has 6 nitrogen and oxygen atoms in total. The number of ether oxygens (including phenoxy) is 1. The van der Waals surface area contributed by atoms with E-state index in [4.69, 9.17) is 9.73 Å². The number of benzene rings is 2. The zero-order valence-electron chi connectivity index (χ0n) is 17.9. The van der Waals surface area contributed by atoms with Crippen LogP contribution < -0.4 is 15.0 Å². The Morgan fingerprint density at radius 3 is 2.57 bits per heavy atom. The van der Waals surface area contributed by atoms with Gasteiger partial charge in [-0.25, -0.2) is 0 Å². The van der Waals surface area contributed by atoms with Crippen LogP contribution in [0.3, 0.4) is 0 Å². The van der Waals surface area contributed by atoms with Gasteiger partial charge in [0.2, 0.25) is 0 Å². The van der Waals surface area contributed by atoms with Crippen molar-refractivity contribution in [2.24, 2.45) is 4.99 Å². The second-order valence-electron chi connectivity index (χ2n) is 7.19. The van der Waals surface area contributed by atoms with Gasteiger partial charge in [-0.2, -0.15) is 0 Å². The van der Waals surface area contributed by atoms with Crippen molar-refractivity contribution < 1.29 is 8.95 Å². The highest BCUT2D eigenvalue weighted by Crippen LogP contribution is 2.22. The summed E-state index contributed by atoms with van der Waals surface area (Å²) in [6.07, 6.45) is 0. The van der Waals surface area contributed by atoms with E-state index in [1.165, 1.54) is 5.69 Å². The molecule has 0 spiro atoms. The summed E-state index contributed by atoms with van der Waals surface area (Å²) >= 11 is 0. The third-order valence-electron chi connectivity index (χ3n) is 5.08. The first-order valence-corrected chi connectivity index (χ1v) is 12.0. The van der Waals surface area contributed by atoms with Crippen molar-refractivity contribution in [2.75, 3.05) is 57.0 Å². The number of hydrogen-bond acceptors (Lipinski definition) is 4. The van der Waals surface area contributed by atoms with Crippen LogP contribution in [0.1, 0.15) is 12.5 Å². The summed E-state index contributed by atoms with van der Waals surface area (Å²) in [7, 11) is 0.794. The molecule has 0 bridgehead atoms. The van der Waals surface area contributed by atoms with E-state index in [0.29, 0.717) is 18.1 Å². The van der Waals surface area contributed by atoms with Gasteiger partial charge in [0.05, 0.1) is 13.7 Å². The molecule has 0 aliphatic carbocycles. The van der Waals surface area contributed by atoms with Gasteiger partial charge in [0.1, 0.15) is 5.75 Å². The third kappa shape index (κ3) is 6.49. The van der Waals surface area contributed by atoms with Crippen molar-refractivity contribution in [1.29, 1.82) is 0 Å². The summed E-state index contributed by atoms with van der Waals surface area (Å²) < 4.78 is 17.7. The maximum Gasteiger partial charge on any atom is 0.194 e. The number of methoxy groups -OCH3 is 1. The molecule has 7 heteroatoms. The van der Waals surface area contributed by atoms with Crippen molar-refractivity contribution in [1.82, 2.24) is 10.2 Å². The van der Waals surface area contributed by atoms with E-state index in [-0.39, 0.29) is 0 Å². The van der Waals surface area contributed by atoms with E-state index in [0.717, 1.165) is 50.0 Å². The number of hydrogen-bond donors (Lipinski definition) is 1. The Hall–Kier alpha value is -2.54. The van der Waals surface area contributed by atoms with Crippen LogP contribution in [0, 0.1) is 0 Å². The molecule has 1 saturated heterocycles. The molecule has 2 aromatic carbocycles. The Labute approximate surface area is 182 Å². The van der Waals surface area contributed by atoms with Gasteiger partial charge < -0.3 is 19.9 Å². The van der Waals surface area contributed by atoms with E-state index < -0.39 is 10.8 Å². The van der Waals surface area contributed by atoms with Crippen molar-refractivity contribution >= 4 is 22.4 Å². The van der Waals surface area contributed by atoms with Crippen LogP contribution in [0.25, 0.3) is 0 Å². The molecule has 1 aliphatic heterocycles. The lowest BCUT2D eigenvalue weighted by Gasteiger charge is -2.37. The maximum absolute atomic E-state index is 12.4. The summed E-state index contributed by atoms with van der Waals surface area (Å²) in [5, 5.41) is 3.39. The van der Waals surface area contributed by atoms with E-state index >= 15 is 0 Å². The molecule has 1 atom stereocenters. The second-order valence-corrected chi connectivity index (χ2v) is 8.76. The predicted molar refractivity (Wildman–Crippen MR) is 126 cm³/mol. The highest BCUT2D eigenvalue weighted by molar-refractivity contribution is 7.84. The number of nitrogens with one attached hydrogen (secondary N) is 1. The van der Waals surface area contributed by atoms with E-state index in [2.05, 4.69) is 34.2 Å². The normalized spacial score (nSPS) is 15.7. The van der Waals surface area contributed by atoms with Crippen molar-refractivity contribution in [3.8, 4) is 5.75 Å². The molecule has 1 heterocycles. The molecule has 1 fully saturated rings.